The SMILES string of the molecule is Cc1ccc2cc(C(=O)N3CCC[C@@H]3CN)c(C)nc2c1. The number of aryl methyl sites for hydroxylation is 2. The molecule has 1 atom stereocenters. The Labute approximate surface area is 125 Å². The Hall–Kier alpha value is -1.94. The molecule has 1 fully saturated rings. The molecule has 0 saturated carbocycles. The molecule has 0 radical (unpaired) electrons. The predicted octanol–water partition coefficient (Wildman–Crippen LogP) is 2.41. The molecule has 1 aromatic heterocycles. The van der Waals surface area contributed by atoms with Crippen LogP contribution in [0.1, 0.15) is 34.5 Å². The van der Waals surface area contributed by atoms with E-state index in [4.69, 9.17) is 5.73 Å². The molecule has 0 spiro atoms. The Morgan fingerprint density at radius 2 is 2.19 bits per heavy atom. The lowest BCUT2D eigenvalue weighted by Crippen LogP contribution is -2.40. The van der Waals surface area contributed by atoms with Crippen molar-refractivity contribution < 1.29 is 4.79 Å². The highest BCUT2D eigenvalue weighted by Crippen LogP contribution is 2.23. The molecule has 1 saturated heterocycles. The topological polar surface area (TPSA) is 59.2 Å². The van der Waals surface area contributed by atoms with Crippen molar-refractivity contribution in [3.8, 4) is 0 Å². The van der Waals surface area contributed by atoms with Crippen molar-refractivity contribution in [1.29, 1.82) is 0 Å². The first-order chi connectivity index (χ1) is 10.1. The number of benzene rings is 1. The summed E-state index contributed by atoms with van der Waals surface area (Å²) in [7, 11) is 0. The van der Waals surface area contributed by atoms with E-state index in [1.54, 1.807) is 0 Å². The molecule has 0 aliphatic carbocycles. The number of likely N-dealkylation sites (tertiary alicyclic amines) is 1. The summed E-state index contributed by atoms with van der Waals surface area (Å²) in [5, 5.41) is 1.01. The van der Waals surface area contributed by atoms with Gasteiger partial charge in [-0.25, -0.2) is 0 Å². The summed E-state index contributed by atoms with van der Waals surface area (Å²) < 4.78 is 0. The zero-order valence-corrected chi connectivity index (χ0v) is 12.6. The molecule has 1 aliphatic rings. The molecule has 4 heteroatoms. The Morgan fingerprint density at radius 1 is 1.38 bits per heavy atom. The van der Waals surface area contributed by atoms with Crippen molar-refractivity contribution in [2.24, 2.45) is 5.73 Å². The second-order valence-electron chi connectivity index (χ2n) is 5.85. The first-order valence-corrected chi connectivity index (χ1v) is 7.49. The Kier molecular flexibility index (Phi) is 3.64. The smallest absolute Gasteiger partial charge is 0.256 e. The van der Waals surface area contributed by atoms with Crippen molar-refractivity contribution in [1.82, 2.24) is 9.88 Å². The third kappa shape index (κ3) is 2.51. The van der Waals surface area contributed by atoms with Crippen LogP contribution in [-0.2, 0) is 0 Å². The number of carbonyl (C=O) groups is 1. The van der Waals surface area contributed by atoms with Gasteiger partial charge in [-0.2, -0.15) is 0 Å². The van der Waals surface area contributed by atoms with Crippen molar-refractivity contribution in [2.45, 2.75) is 32.7 Å². The number of hydrogen-bond acceptors (Lipinski definition) is 3. The van der Waals surface area contributed by atoms with Crippen LogP contribution in [0.4, 0.5) is 0 Å². The minimum atomic E-state index is 0.0652. The van der Waals surface area contributed by atoms with Crippen LogP contribution in [-0.4, -0.2) is 34.9 Å². The number of hydrogen-bond donors (Lipinski definition) is 1. The highest BCUT2D eigenvalue weighted by molar-refractivity contribution is 5.99. The molecule has 1 aliphatic heterocycles. The van der Waals surface area contributed by atoms with Crippen LogP contribution in [0.25, 0.3) is 10.9 Å². The standard InChI is InChI=1S/C17H21N3O/c1-11-5-6-13-9-15(12(2)19-16(13)8-11)17(21)20-7-3-4-14(20)10-18/h5-6,8-9,14H,3-4,7,10,18H2,1-2H3/t14-/m1/s1. The molecule has 0 unspecified atom stereocenters. The van der Waals surface area contributed by atoms with Crippen LogP contribution in [0.5, 0.6) is 0 Å². The molecule has 3 rings (SSSR count). The van der Waals surface area contributed by atoms with Gasteiger partial charge in [-0.3, -0.25) is 9.78 Å². The molecule has 2 aromatic rings. The fraction of sp³-hybridized carbons (Fsp3) is 0.412. The summed E-state index contributed by atoms with van der Waals surface area (Å²) in [5.74, 6) is 0.0652. The van der Waals surface area contributed by atoms with E-state index >= 15 is 0 Å². The molecule has 1 amide bonds. The highest BCUT2D eigenvalue weighted by atomic mass is 16.2. The monoisotopic (exact) mass is 283 g/mol. The summed E-state index contributed by atoms with van der Waals surface area (Å²) in [5.41, 5.74) is 9.39. The van der Waals surface area contributed by atoms with Crippen LogP contribution in [0.3, 0.4) is 0 Å². The maximum Gasteiger partial charge on any atom is 0.256 e. The number of rotatable bonds is 2. The second-order valence-corrected chi connectivity index (χ2v) is 5.85. The van der Waals surface area contributed by atoms with Gasteiger partial charge in [0.1, 0.15) is 0 Å². The van der Waals surface area contributed by atoms with Gasteiger partial charge in [0, 0.05) is 24.5 Å². The molecule has 0 bridgehead atoms. The summed E-state index contributed by atoms with van der Waals surface area (Å²) in [4.78, 5) is 19.3. The van der Waals surface area contributed by atoms with Gasteiger partial charge < -0.3 is 10.6 Å². The van der Waals surface area contributed by atoms with Gasteiger partial charge >= 0.3 is 0 Å². The van der Waals surface area contributed by atoms with Gasteiger partial charge in [0.15, 0.2) is 0 Å². The Bertz CT molecular complexity index is 696. The van der Waals surface area contributed by atoms with Crippen molar-refractivity contribution in [3.63, 3.8) is 0 Å². The summed E-state index contributed by atoms with van der Waals surface area (Å²) >= 11 is 0. The Balaban J connectivity index is 2.01. The van der Waals surface area contributed by atoms with E-state index in [-0.39, 0.29) is 11.9 Å². The minimum absolute atomic E-state index is 0.0652. The third-order valence-electron chi connectivity index (χ3n) is 4.30. The Morgan fingerprint density at radius 3 is 2.95 bits per heavy atom. The van der Waals surface area contributed by atoms with Crippen LogP contribution < -0.4 is 5.73 Å². The minimum Gasteiger partial charge on any atom is -0.334 e. The van der Waals surface area contributed by atoms with Crippen LogP contribution in [0.15, 0.2) is 24.3 Å². The quantitative estimate of drug-likeness (QED) is 0.920. The van der Waals surface area contributed by atoms with Gasteiger partial charge in [0.05, 0.1) is 16.8 Å². The van der Waals surface area contributed by atoms with E-state index < -0.39 is 0 Å². The van der Waals surface area contributed by atoms with E-state index in [0.29, 0.717) is 12.1 Å². The van der Waals surface area contributed by atoms with Crippen molar-refractivity contribution in [2.75, 3.05) is 13.1 Å². The lowest BCUT2D eigenvalue weighted by Gasteiger charge is -2.24. The molecular formula is C17H21N3O. The van der Waals surface area contributed by atoms with E-state index in [2.05, 4.69) is 11.1 Å². The average Bonchev–Trinajstić information content (AvgIpc) is 2.94. The lowest BCUT2D eigenvalue weighted by molar-refractivity contribution is 0.0740. The number of aromatic nitrogens is 1. The molecule has 4 nitrogen and oxygen atoms in total. The van der Waals surface area contributed by atoms with Gasteiger partial charge in [-0.1, -0.05) is 12.1 Å². The van der Waals surface area contributed by atoms with Gasteiger partial charge in [-0.05, 0) is 44.4 Å². The fourth-order valence-corrected chi connectivity index (χ4v) is 3.09. The number of carbonyl (C=O) groups excluding carboxylic acids is 1. The normalized spacial score (nSPS) is 18.4. The lowest BCUT2D eigenvalue weighted by atomic mass is 10.1. The fourth-order valence-electron chi connectivity index (χ4n) is 3.09. The van der Waals surface area contributed by atoms with Gasteiger partial charge in [-0.15, -0.1) is 0 Å². The number of pyridine rings is 1. The number of fused-ring (bicyclic) bond motifs is 1. The summed E-state index contributed by atoms with van der Waals surface area (Å²) in [6.45, 7) is 5.28. The first kappa shape index (κ1) is 14.0. The maximum atomic E-state index is 12.8. The summed E-state index contributed by atoms with van der Waals surface area (Å²) in [6, 6.07) is 8.26. The molecule has 2 heterocycles. The summed E-state index contributed by atoms with van der Waals surface area (Å²) in [6.07, 6.45) is 2.04. The van der Waals surface area contributed by atoms with Gasteiger partial charge in [0.2, 0.25) is 0 Å². The van der Waals surface area contributed by atoms with E-state index in [1.807, 2.05) is 36.9 Å². The first-order valence-electron chi connectivity index (χ1n) is 7.49. The van der Waals surface area contributed by atoms with Crippen LogP contribution >= 0.6 is 0 Å². The zero-order chi connectivity index (χ0) is 15.0. The zero-order valence-electron chi connectivity index (χ0n) is 12.6. The molecule has 1 aromatic carbocycles. The molecule has 110 valence electrons. The molecule has 21 heavy (non-hydrogen) atoms. The molecular weight excluding hydrogens is 262 g/mol. The second kappa shape index (κ2) is 5.45. The van der Waals surface area contributed by atoms with Crippen LogP contribution in [0, 0.1) is 13.8 Å². The third-order valence-corrected chi connectivity index (χ3v) is 4.30. The van der Waals surface area contributed by atoms with Crippen molar-refractivity contribution >= 4 is 16.8 Å². The highest BCUT2D eigenvalue weighted by Gasteiger charge is 2.29. The van der Waals surface area contributed by atoms with E-state index in [0.717, 1.165) is 36.0 Å². The number of amides is 1. The predicted molar refractivity (Wildman–Crippen MR) is 84.3 cm³/mol. The van der Waals surface area contributed by atoms with Crippen molar-refractivity contribution in [3.05, 3.63) is 41.1 Å². The van der Waals surface area contributed by atoms with Crippen LogP contribution in [0.2, 0.25) is 0 Å². The maximum absolute atomic E-state index is 12.8. The van der Waals surface area contributed by atoms with E-state index in [9.17, 15) is 4.79 Å². The number of nitrogens with zero attached hydrogens (tertiary/aromatic N) is 2. The van der Waals surface area contributed by atoms with E-state index in [1.165, 1.54) is 5.56 Å². The van der Waals surface area contributed by atoms with Gasteiger partial charge in [0.25, 0.3) is 5.91 Å². The average molecular weight is 283 g/mol. The number of nitrogens with two attached hydrogens (primary N) is 1. The molecule has 2 N–H and O–H groups in total. The largest absolute Gasteiger partial charge is 0.334 e.